The average molecular weight is 318 g/mol. The van der Waals surface area contributed by atoms with Crippen LogP contribution in [0, 0.1) is 0 Å². The fourth-order valence-corrected chi connectivity index (χ4v) is 1.98. The molecule has 0 heterocycles. The number of amides is 3. The number of hydrogen-bond acceptors (Lipinski definition) is 2. The van der Waals surface area contributed by atoms with Crippen molar-refractivity contribution in [3.8, 4) is 0 Å². The molecule has 114 valence electrons. The molecule has 0 saturated heterocycles. The van der Waals surface area contributed by atoms with E-state index < -0.39 is 11.9 Å². The minimum absolute atomic E-state index is 0.392. The zero-order valence-electron chi connectivity index (χ0n) is 12.0. The third kappa shape index (κ3) is 4.23. The Morgan fingerprint density at radius 2 is 1.68 bits per heavy atom. The third-order valence-corrected chi connectivity index (χ3v) is 3.37. The Balaban J connectivity index is 1.87. The number of halogens is 1. The van der Waals surface area contributed by atoms with Crippen LogP contribution >= 0.6 is 11.6 Å². The van der Waals surface area contributed by atoms with Crippen molar-refractivity contribution in [1.29, 1.82) is 0 Å². The lowest BCUT2D eigenvalue weighted by Gasteiger charge is -2.10. The molecule has 0 radical (unpaired) electrons. The molecule has 5 nitrogen and oxygen atoms in total. The van der Waals surface area contributed by atoms with Crippen LogP contribution in [0.3, 0.4) is 0 Å². The Bertz CT molecular complexity index is 671. The standard InChI is InChI=1S/C16H16ClN3O2/c1-2-11-7-9-12(10-8-11)15(21)19-20-16(22)18-14-6-4-3-5-13(14)17/h3-10H,2H2,1H3,(H,19,21)(H2,18,20,22). The molecule has 0 aliphatic carbocycles. The van der Waals surface area contributed by atoms with Crippen LogP contribution in [0.15, 0.2) is 48.5 Å². The molecule has 0 aromatic heterocycles. The van der Waals surface area contributed by atoms with E-state index in [1.807, 2.05) is 19.1 Å². The molecular formula is C16H16ClN3O2. The van der Waals surface area contributed by atoms with Crippen LogP contribution in [0.2, 0.25) is 5.02 Å². The zero-order valence-corrected chi connectivity index (χ0v) is 12.8. The minimum Gasteiger partial charge on any atom is -0.305 e. The maximum atomic E-state index is 11.9. The molecule has 0 aliphatic heterocycles. The van der Waals surface area contributed by atoms with E-state index in [-0.39, 0.29) is 0 Å². The molecule has 3 N–H and O–H groups in total. The molecule has 2 rings (SSSR count). The van der Waals surface area contributed by atoms with Gasteiger partial charge in [0.05, 0.1) is 10.7 Å². The van der Waals surface area contributed by atoms with Crippen LogP contribution in [0.25, 0.3) is 0 Å². The van der Waals surface area contributed by atoms with Crippen LogP contribution in [0.5, 0.6) is 0 Å². The van der Waals surface area contributed by atoms with Gasteiger partial charge >= 0.3 is 6.03 Å². The number of para-hydroxylation sites is 1. The van der Waals surface area contributed by atoms with Crippen molar-refractivity contribution in [3.63, 3.8) is 0 Å². The lowest BCUT2D eigenvalue weighted by molar-refractivity contribution is 0.0938. The summed E-state index contributed by atoms with van der Waals surface area (Å²) < 4.78 is 0. The van der Waals surface area contributed by atoms with Crippen molar-refractivity contribution in [2.24, 2.45) is 0 Å². The van der Waals surface area contributed by atoms with Gasteiger partial charge in [-0.25, -0.2) is 10.2 Å². The largest absolute Gasteiger partial charge is 0.337 e. The maximum absolute atomic E-state index is 11.9. The van der Waals surface area contributed by atoms with E-state index in [9.17, 15) is 9.59 Å². The highest BCUT2D eigenvalue weighted by Crippen LogP contribution is 2.19. The van der Waals surface area contributed by atoms with Gasteiger partial charge in [0.2, 0.25) is 0 Å². The molecule has 0 spiro atoms. The van der Waals surface area contributed by atoms with E-state index in [0.29, 0.717) is 16.3 Å². The Hall–Kier alpha value is -2.53. The first kappa shape index (κ1) is 15.9. The molecule has 0 aliphatic rings. The number of carbonyl (C=O) groups excluding carboxylic acids is 2. The summed E-state index contributed by atoms with van der Waals surface area (Å²) in [6.45, 7) is 2.04. The number of hydrogen-bond donors (Lipinski definition) is 3. The second-order valence-electron chi connectivity index (χ2n) is 4.56. The van der Waals surface area contributed by atoms with Gasteiger partial charge in [0.15, 0.2) is 0 Å². The predicted molar refractivity (Wildman–Crippen MR) is 86.9 cm³/mol. The van der Waals surface area contributed by atoms with Gasteiger partial charge in [-0.1, -0.05) is 42.8 Å². The van der Waals surface area contributed by atoms with E-state index in [1.165, 1.54) is 0 Å². The number of carbonyl (C=O) groups is 2. The smallest absolute Gasteiger partial charge is 0.305 e. The topological polar surface area (TPSA) is 70.2 Å². The summed E-state index contributed by atoms with van der Waals surface area (Å²) in [6.07, 6.45) is 0.903. The molecule has 0 unspecified atom stereocenters. The lowest BCUT2D eigenvalue weighted by Crippen LogP contribution is -2.43. The molecule has 2 aromatic carbocycles. The van der Waals surface area contributed by atoms with Crippen molar-refractivity contribution in [2.45, 2.75) is 13.3 Å². The van der Waals surface area contributed by atoms with E-state index >= 15 is 0 Å². The van der Waals surface area contributed by atoms with Crippen molar-refractivity contribution in [3.05, 3.63) is 64.7 Å². The summed E-state index contributed by atoms with van der Waals surface area (Å²) in [5.74, 6) is -0.392. The molecule has 2 aromatic rings. The van der Waals surface area contributed by atoms with Crippen LogP contribution in [0.4, 0.5) is 10.5 Å². The number of rotatable bonds is 3. The predicted octanol–water partition coefficient (Wildman–Crippen LogP) is 3.37. The first-order chi connectivity index (χ1) is 10.6. The molecule has 3 amide bonds. The van der Waals surface area contributed by atoms with E-state index in [4.69, 9.17) is 11.6 Å². The molecule has 0 atom stereocenters. The van der Waals surface area contributed by atoms with Gasteiger partial charge in [-0.15, -0.1) is 0 Å². The average Bonchev–Trinajstić information content (AvgIpc) is 2.55. The van der Waals surface area contributed by atoms with Crippen molar-refractivity contribution in [1.82, 2.24) is 10.9 Å². The van der Waals surface area contributed by atoms with Crippen molar-refractivity contribution < 1.29 is 9.59 Å². The molecule has 0 saturated carbocycles. The molecule has 0 fully saturated rings. The number of anilines is 1. The Kier molecular flexibility index (Phi) is 5.38. The van der Waals surface area contributed by atoms with Gasteiger partial charge in [0.25, 0.3) is 5.91 Å². The van der Waals surface area contributed by atoms with Crippen LogP contribution in [-0.4, -0.2) is 11.9 Å². The van der Waals surface area contributed by atoms with Gasteiger partial charge in [-0.05, 0) is 36.2 Å². The normalized spacial score (nSPS) is 9.91. The molecule has 6 heteroatoms. The summed E-state index contributed by atoms with van der Waals surface area (Å²) >= 11 is 5.93. The summed E-state index contributed by atoms with van der Waals surface area (Å²) in [5, 5.41) is 2.95. The van der Waals surface area contributed by atoms with Crippen molar-refractivity contribution >= 4 is 29.2 Å². The van der Waals surface area contributed by atoms with E-state index in [1.54, 1.807) is 36.4 Å². The fraction of sp³-hybridized carbons (Fsp3) is 0.125. The van der Waals surface area contributed by atoms with Gasteiger partial charge < -0.3 is 5.32 Å². The highest BCUT2D eigenvalue weighted by molar-refractivity contribution is 6.33. The first-order valence-electron chi connectivity index (χ1n) is 6.81. The van der Waals surface area contributed by atoms with Crippen LogP contribution in [0.1, 0.15) is 22.8 Å². The molecule has 0 bridgehead atoms. The van der Waals surface area contributed by atoms with Crippen LogP contribution < -0.4 is 16.2 Å². The second-order valence-corrected chi connectivity index (χ2v) is 4.97. The Morgan fingerprint density at radius 1 is 1.00 bits per heavy atom. The Morgan fingerprint density at radius 3 is 2.32 bits per heavy atom. The van der Waals surface area contributed by atoms with E-state index in [2.05, 4.69) is 16.2 Å². The molecule has 22 heavy (non-hydrogen) atoms. The highest BCUT2D eigenvalue weighted by atomic mass is 35.5. The van der Waals surface area contributed by atoms with Crippen molar-refractivity contribution in [2.75, 3.05) is 5.32 Å². The highest BCUT2D eigenvalue weighted by Gasteiger charge is 2.08. The van der Waals surface area contributed by atoms with Gasteiger partial charge in [-0.3, -0.25) is 10.2 Å². The number of urea groups is 1. The summed E-state index contributed by atoms with van der Waals surface area (Å²) in [7, 11) is 0. The van der Waals surface area contributed by atoms with Gasteiger partial charge in [0.1, 0.15) is 0 Å². The quantitative estimate of drug-likeness (QED) is 0.760. The van der Waals surface area contributed by atoms with Crippen LogP contribution in [-0.2, 0) is 6.42 Å². The number of hydrazine groups is 1. The number of nitrogens with one attached hydrogen (secondary N) is 3. The monoisotopic (exact) mass is 317 g/mol. The minimum atomic E-state index is -0.577. The third-order valence-electron chi connectivity index (χ3n) is 3.04. The fourth-order valence-electron chi connectivity index (χ4n) is 1.79. The summed E-state index contributed by atoms with van der Waals surface area (Å²) in [6, 6.07) is 13.4. The lowest BCUT2D eigenvalue weighted by atomic mass is 10.1. The SMILES string of the molecule is CCc1ccc(C(=O)NNC(=O)Nc2ccccc2Cl)cc1. The second kappa shape index (κ2) is 7.47. The number of aryl methyl sites for hydroxylation is 1. The number of benzene rings is 2. The zero-order chi connectivity index (χ0) is 15.9. The summed E-state index contributed by atoms with van der Waals surface area (Å²) in [4.78, 5) is 23.6. The van der Waals surface area contributed by atoms with Gasteiger partial charge in [0, 0.05) is 5.56 Å². The van der Waals surface area contributed by atoms with Gasteiger partial charge in [-0.2, -0.15) is 0 Å². The Labute approximate surface area is 133 Å². The first-order valence-corrected chi connectivity index (χ1v) is 7.18. The molecular weight excluding hydrogens is 302 g/mol. The summed E-state index contributed by atoms with van der Waals surface area (Å²) in [5.41, 5.74) is 6.68. The maximum Gasteiger partial charge on any atom is 0.337 e. The van der Waals surface area contributed by atoms with E-state index in [0.717, 1.165) is 12.0 Å².